The van der Waals surface area contributed by atoms with Crippen LogP contribution in [0.2, 0.25) is 0 Å². The monoisotopic (exact) mass is 402 g/mol. The molecule has 0 unspecified atom stereocenters. The third-order valence-electron chi connectivity index (χ3n) is 5.15. The van der Waals surface area contributed by atoms with Crippen LogP contribution in [0.25, 0.3) is 10.8 Å². The van der Waals surface area contributed by atoms with Crippen LogP contribution in [0.5, 0.6) is 0 Å². The van der Waals surface area contributed by atoms with Crippen LogP contribution in [-0.4, -0.2) is 30.4 Å². The molecule has 1 heterocycles. The van der Waals surface area contributed by atoms with E-state index >= 15 is 0 Å². The van der Waals surface area contributed by atoms with Crippen LogP contribution < -0.4 is 10.2 Å². The SMILES string of the molecule is C[C@@H]1CC(=O)Nc2ccccc2N1C(=O)COC(=O)Cc1ccc2ccccc2c1. The predicted molar refractivity (Wildman–Crippen MR) is 115 cm³/mol. The number of benzene rings is 3. The van der Waals surface area contributed by atoms with Gasteiger partial charge in [0.1, 0.15) is 0 Å². The van der Waals surface area contributed by atoms with Crippen LogP contribution in [0.15, 0.2) is 66.7 Å². The van der Waals surface area contributed by atoms with Gasteiger partial charge in [0.15, 0.2) is 6.61 Å². The van der Waals surface area contributed by atoms with Gasteiger partial charge in [-0.15, -0.1) is 0 Å². The van der Waals surface area contributed by atoms with E-state index in [4.69, 9.17) is 4.74 Å². The zero-order chi connectivity index (χ0) is 21.1. The molecule has 0 aliphatic carbocycles. The number of para-hydroxylation sites is 2. The molecule has 6 nitrogen and oxygen atoms in total. The lowest BCUT2D eigenvalue weighted by Crippen LogP contribution is -2.41. The Morgan fingerprint density at radius 3 is 2.60 bits per heavy atom. The molecule has 1 aliphatic heterocycles. The maximum atomic E-state index is 12.9. The zero-order valence-electron chi connectivity index (χ0n) is 16.6. The van der Waals surface area contributed by atoms with Gasteiger partial charge in [-0.1, -0.05) is 54.6 Å². The van der Waals surface area contributed by atoms with Crippen molar-refractivity contribution in [1.82, 2.24) is 0 Å². The number of hydrogen-bond donors (Lipinski definition) is 1. The van der Waals surface area contributed by atoms with E-state index in [9.17, 15) is 14.4 Å². The summed E-state index contributed by atoms with van der Waals surface area (Å²) in [6.45, 7) is 1.43. The summed E-state index contributed by atoms with van der Waals surface area (Å²) in [7, 11) is 0. The summed E-state index contributed by atoms with van der Waals surface area (Å²) in [6, 6.07) is 20.5. The van der Waals surface area contributed by atoms with Gasteiger partial charge in [-0.25, -0.2) is 0 Å². The van der Waals surface area contributed by atoms with Gasteiger partial charge in [0.2, 0.25) is 5.91 Å². The maximum Gasteiger partial charge on any atom is 0.310 e. The molecule has 1 atom stereocenters. The molecule has 0 aromatic heterocycles. The van der Waals surface area contributed by atoms with E-state index in [0.717, 1.165) is 16.3 Å². The largest absolute Gasteiger partial charge is 0.455 e. The van der Waals surface area contributed by atoms with E-state index in [1.807, 2.05) is 42.5 Å². The number of fused-ring (bicyclic) bond motifs is 2. The van der Waals surface area contributed by atoms with Crippen molar-refractivity contribution >= 4 is 39.9 Å². The van der Waals surface area contributed by atoms with E-state index in [-0.39, 0.29) is 37.3 Å². The van der Waals surface area contributed by atoms with E-state index in [2.05, 4.69) is 5.32 Å². The second-order valence-corrected chi connectivity index (χ2v) is 7.40. The highest BCUT2D eigenvalue weighted by Crippen LogP contribution is 2.31. The van der Waals surface area contributed by atoms with Gasteiger partial charge in [-0.3, -0.25) is 14.4 Å². The molecule has 152 valence electrons. The highest BCUT2D eigenvalue weighted by molar-refractivity contribution is 6.05. The standard InChI is InChI=1S/C24H22N2O4/c1-16-12-22(27)25-20-8-4-5-9-21(20)26(16)23(28)15-30-24(29)14-17-10-11-18-6-2-3-7-19(18)13-17/h2-11,13,16H,12,14-15H2,1H3,(H,25,27)/t16-/m1/s1. The van der Waals surface area contributed by atoms with Crippen molar-refractivity contribution in [3.05, 3.63) is 72.3 Å². The number of rotatable bonds is 4. The Hall–Kier alpha value is -3.67. The number of amides is 2. The van der Waals surface area contributed by atoms with Crippen molar-refractivity contribution in [3.8, 4) is 0 Å². The molecule has 3 aromatic carbocycles. The molecule has 2 amide bonds. The first-order valence-corrected chi connectivity index (χ1v) is 9.85. The third-order valence-corrected chi connectivity index (χ3v) is 5.15. The van der Waals surface area contributed by atoms with Crippen molar-refractivity contribution in [1.29, 1.82) is 0 Å². The highest BCUT2D eigenvalue weighted by Gasteiger charge is 2.30. The second-order valence-electron chi connectivity index (χ2n) is 7.40. The minimum absolute atomic E-state index is 0.0876. The van der Waals surface area contributed by atoms with Gasteiger partial charge in [0.05, 0.1) is 17.8 Å². The van der Waals surface area contributed by atoms with E-state index in [0.29, 0.717) is 11.4 Å². The van der Waals surface area contributed by atoms with Crippen LogP contribution in [-0.2, 0) is 25.5 Å². The number of ether oxygens (including phenoxy) is 1. The molecular weight excluding hydrogens is 380 g/mol. The van der Waals surface area contributed by atoms with Gasteiger partial charge in [-0.2, -0.15) is 0 Å². The van der Waals surface area contributed by atoms with Crippen LogP contribution in [0.3, 0.4) is 0 Å². The van der Waals surface area contributed by atoms with Gasteiger partial charge in [0.25, 0.3) is 5.91 Å². The molecule has 0 radical (unpaired) electrons. The summed E-state index contributed by atoms with van der Waals surface area (Å²) in [6.07, 6.45) is 0.260. The Bertz CT molecular complexity index is 1120. The summed E-state index contributed by atoms with van der Waals surface area (Å²) in [4.78, 5) is 38.8. The Morgan fingerprint density at radius 1 is 1.03 bits per heavy atom. The second kappa shape index (κ2) is 8.37. The van der Waals surface area contributed by atoms with E-state index in [1.165, 1.54) is 4.90 Å². The Morgan fingerprint density at radius 2 is 1.77 bits per heavy atom. The molecule has 30 heavy (non-hydrogen) atoms. The highest BCUT2D eigenvalue weighted by atomic mass is 16.5. The number of nitrogens with zero attached hydrogens (tertiary/aromatic N) is 1. The molecule has 6 heteroatoms. The summed E-state index contributed by atoms with van der Waals surface area (Å²) in [5.74, 6) is -0.986. The van der Waals surface area contributed by atoms with Crippen molar-refractivity contribution in [2.45, 2.75) is 25.8 Å². The van der Waals surface area contributed by atoms with E-state index in [1.54, 1.807) is 31.2 Å². The van der Waals surface area contributed by atoms with Crippen LogP contribution in [0.4, 0.5) is 11.4 Å². The molecule has 1 aliphatic rings. The van der Waals surface area contributed by atoms with Crippen molar-refractivity contribution < 1.29 is 19.1 Å². The third kappa shape index (κ3) is 4.17. The van der Waals surface area contributed by atoms with Crippen LogP contribution in [0, 0.1) is 0 Å². The lowest BCUT2D eigenvalue weighted by Gasteiger charge is -2.27. The summed E-state index contributed by atoms with van der Waals surface area (Å²) >= 11 is 0. The predicted octanol–water partition coefficient (Wildman–Crippen LogP) is 3.69. The molecule has 4 rings (SSSR count). The first-order valence-electron chi connectivity index (χ1n) is 9.85. The molecular formula is C24H22N2O4. The lowest BCUT2D eigenvalue weighted by molar-refractivity contribution is -0.147. The smallest absolute Gasteiger partial charge is 0.310 e. The zero-order valence-corrected chi connectivity index (χ0v) is 16.6. The molecule has 0 spiro atoms. The minimum atomic E-state index is -0.469. The Balaban J connectivity index is 1.43. The molecule has 0 saturated carbocycles. The van der Waals surface area contributed by atoms with Gasteiger partial charge >= 0.3 is 5.97 Å². The average molecular weight is 402 g/mol. The Labute approximate surface area is 174 Å². The van der Waals surface area contributed by atoms with Crippen LogP contribution >= 0.6 is 0 Å². The number of carbonyl (C=O) groups excluding carboxylic acids is 3. The molecule has 0 saturated heterocycles. The van der Waals surface area contributed by atoms with Gasteiger partial charge in [-0.05, 0) is 35.4 Å². The molecule has 0 bridgehead atoms. The number of anilines is 2. The first kappa shape index (κ1) is 19.6. The van der Waals surface area contributed by atoms with Gasteiger partial charge in [0, 0.05) is 12.5 Å². The fraction of sp³-hybridized carbons (Fsp3) is 0.208. The fourth-order valence-electron chi connectivity index (χ4n) is 3.75. The lowest BCUT2D eigenvalue weighted by atomic mass is 10.1. The molecule has 1 N–H and O–H groups in total. The van der Waals surface area contributed by atoms with Crippen molar-refractivity contribution in [3.63, 3.8) is 0 Å². The molecule has 0 fully saturated rings. The number of nitrogens with one attached hydrogen (secondary N) is 1. The maximum absolute atomic E-state index is 12.9. The van der Waals surface area contributed by atoms with Crippen molar-refractivity contribution in [2.75, 3.05) is 16.8 Å². The summed E-state index contributed by atoms with van der Waals surface area (Å²) in [5, 5.41) is 4.96. The minimum Gasteiger partial charge on any atom is -0.455 e. The number of esters is 1. The fourth-order valence-corrected chi connectivity index (χ4v) is 3.75. The first-order chi connectivity index (χ1) is 14.5. The summed E-state index contributed by atoms with van der Waals surface area (Å²) in [5.41, 5.74) is 2.00. The number of hydrogen-bond acceptors (Lipinski definition) is 4. The van der Waals surface area contributed by atoms with Crippen LogP contribution in [0.1, 0.15) is 18.9 Å². The van der Waals surface area contributed by atoms with E-state index < -0.39 is 5.97 Å². The van der Waals surface area contributed by atoms with Gasteiger partial charge < -0.3 is 15.0 Å². The number of carbonyl (C=O) groups is 3. The quantitative estimate of drug-likeness (QED) is 0.676. The average Bonchev–Trinajstić information content (AvgIpc) is 2.86. The molecule has 3 aromatic rings. The normalized spacial score (nSPS) is 15.8. The van der Waals surface area contributed by atoms with Crippen molar-refractivity contribution in [2.24, 2.45) is 0 Å². The topological polar surface area (TPSA) is 75.7 Å². The summed E-state index contributed by atoms with van der Waals surface area (Å²) < 4.78 is 5.27. The Kier molecular flexibility index (Phi) is 5.48.